The van der Waals surface area contributed by atoms with Crippen LogP contribution in [0.3, 0.4) is 0 Å². The summed E-state index contributed by atoms with van der Waals surface area (Å²) >= 11 is 0. The van der Waals surface area contributed by atoms with Gasteiger partial charge in [0, 0.05) is 54.1 Å². The van der Waals surface area contributed by atoms with Gasteiger partial charge in [0.25, 0.3) is 5.91 Å². The minimum Gasteiger partial charge on any atom is -0.355 e. The van der Waals surface area contributed by atoms with E-state index < -0.39 is 5.95 Å². The Morgan fingerprint density at radius 3 is 2.74 bits per heavy atom. The van der Waals surface area contributed by atoms with E-state index >= 15 is 0 Å². The number of nitrogens with one attached hydrogen (secondary N) is 1. The molecule has 1 amide bonds. The lowest BCUT2D eigenvalue weighted by Gasteiger charge is -2.52. The fourth-order valence-corrected chi connectivity index (χ4v) is 5.28. The summed E-state index contributed by atoms with van der Waals surface area (Å²) in [7, 11) is 0. The lowest BCUT2D eigenvalue weighted by molar-refractivity contribution is 0.0868. The molecule has 4 heterocycles. The maximum absolute atomic E-state index is 13.1. The number of anilines is 1. The average molecular weight is 455 g/mol. The van der Waals surface area contributed by atoms with E-state index in [9.17, 15) is 9.18 Å². The van der Waals surface area contributed by atoms with E-state index in [0.29, 0.717) is 11.4 Å². The molecule has 1 spiro atoms. The Balaban J connectivity index is 1.26. The molecule has 1 aliphatic heterocycles. The highest BCUT2D eigenvalue weighted by Crippen LogP contribution is 2.48. The number of fused-ring (bicyclic) bond motifs is 1. The number of rotatable bonds is 4. The van der Waals surface area contributed by atoms with Gasteiger partial charge in [-0.05, 0) is 49.2 Å². The molecule has 34 heavy (non-hydrogen) atoms. The number of carbonyl (C=O) groups excluding carboxylic acids is 1. The standard InChI is InChI=1S/C26H23FN6O/c27-22-10-9-18(14-29-22)25(34)31-21-8-3-11-26(21)15-33(16-26)24-19-6-1-2-7-20(19)30-23(32-24)17-5-4-12-28-13-17/h1-2,4-7,9-10,12-14,21H,3,8,11,15-16H2,(H,31,34). The minimum atomic E-state index is -0.591. The summed E-state index contributed by atoms with van der Waals surface area (Å²) in [4.78, 5) is 32.6. The molecule has 2 aliphatic rings. The van der Waals surface area contributed by atoms with Crippen molar-refractivity contribution in [3.05, 3.63) is 78.6 Å². The number of carbonyl (C=O) groups is 1. The first-order valence-electron chi connectivity index (χ1n) is 11.5. The number of aromatic nitrogens is 4. The predicted octanol–water partition coefficient (Wildman–Crippen LogP) is 4.01. The van der Waals surface area contributed by atoms with Crippen LogP contribution in [0.15, 0.2) is 67.1 Å². The van der Waals surface area contributed by atoms with Gasteiger partial charge in [-0.15, -0.1) is 0 Å². The van der Waals surface area contributed by atoms with Crippen LogP contribution in [0.5, 0.6) is 0 Å². The van der Waals surface area contributed by atoms with Crippen molar-refractivity contribution in [3.8, 4) is 11.4 Å². The summed E-state index contributed by atoms with van der Waals surface area (Å²) in [5.74, 6) is 0.771. The molecule has 7 nitrogen and oxygen atoms in total. The fraction of sp³-hybridized carbons (Fsp3) is 0.269. The molecule has 2 fully saturated rings. The second-order valence-corrected chi connectivity index (χ2v) is 9.14. The zero-order valence-corrected chi connectivity index (χ0v) is 18.5. The van der Waals surface area contributed by atoms with Crippen LogP contribution < -0.4 is 10.2 Å². The number of hydrogen-bond donors (Lipinski definition) is 1. The predicted molar refractivity (Wildman–Crippen MR) is 127 cm³/mol. The first-order valence-corrected chi connectivity index (χ1v) is 11.5. The Morgan fingerprint density at radius 2 is 1.94 bits per heavy atom. The molecule has 4 aromatic rings. The third-order valence-electron chi connectivity index (χ3n) is 7.02. The van der Waals surface area contributed by atoms with Gasteiger partial charge in [-0.1, -0.05) is 18.6 Å². The zero-order chi connectivity index (χ0) is 23.1. The molecular formula is C26H23FN6O. The van der Waals surface area contributed by atoms with Gasteiger partial charge in [-0.3, -0.25) is 9.78 Å². The van der Waals surface area contributed by atoms with Gasteiger partial charge in [0.1, 0.15) is 5.82 Å². The Hall–Kier alpha value is -3.94. The molecule has 0 radical (unpaired) electrons. The van der Waals surface area contributed by atoms with Crippen LogP contribution in [0.25, 0.3) is 22.3 Å². The van der Waals surface area contributed by atoms with Crippen LogP contribution in [0.1, 0.15) is 29.6 Å². The van der Waals surface area contributed by atoms with Gasteiger partial charge in [0.15, 0.2) is 5.82 Å². The van der Waals surface area contributed by atoms with Gasteiger partial charge in [-0.25, -0.2) is 15.0 Å². The molecule has 6 rings (SSSR count). The molecule has 0 bridgehead atoms. The molecule has 1 saturated carbocycles. The van der Waals surface area contributed by atoms with E-state index in [0.717, 1.165) is 54.6 Å². The smallest absolute Gasteiger partial charge is 0.253 e. The van der Waals surface area contributed by atoms with E-state index in [2.05, 4.69) is 26.3 Å². The van der Waals surface area contributed by atoms with Gasteiger partial charge in [0.2, 0.25) is 5.95 Å². The number of amides is 1. The first-order chi connectivity index (χ1) is 16.6. The highest BCUT2D eigenvalue weighted by molar-refractivity contribution is 5.94. The fourth-order valence-electron chi connectivity index (χ4n) is 5.28. The summed E-state index contributed by atoms with van der Waals surface area (Å²) < 4.78 is 13.1. The third kappa shape index (κ3) is 3.55. The molecule has 1 N–H and O–H groups in total. The lowest BCUT2D eigenvalue weighted by atomic mass is 9.74. The number of hydrogen-bond acceptors (Lipinski definition) is 6. The lowest BCUT2D eigenvalue weighted by Crippen LogP contribution is -2.64. The molecule has 170 valence electrons. The summed E-state index contributed by atoms with van der Waals surface area (Å²) in [5.41, 5.74) is 2.16. The summed E-state index contributed by atoms with van der Waals surface area (Å²) in [6.07, 6.45) is 7.84. The number of nitrogens with zero attached hydrogens (tertiary/aromatic N) is 5. The Bertz CT molecular complexity index is 1360. The monoisotopic (exact) mass is 454 g/mol. The number of para-hydroxylation sites is 1. The Kier molecular flexibility index (Phi) is 4.94. The summed E-state index contributed by atoms with van der Waals surface area (Å²) in [6, 6.07) is 14.6. The molecule has 8 heteroatoms. The molecule has 1 atom stereocenters. The number of pyridine rings is 2. The molecule has 1 aromatic carbocycles. The highest BCUT2D eigenvalue weighted by Gasteiger charge is 2.52. The Labute approximate surface area is 196 Å². The molecule has 1 aliphatic carbocycles. The van der Waals surface area contributed by atoms with Crippen molar-refractivity contribution < 1.29 is 9.18 Å². The van der Waals surface area contributed by atoms with Crippen LogP contribution in [0.2, 0.25) is 0 Å². The zero-order valence-electron chi connectivity index (χ0n) is 18.5. The van der Waals surface area contributed by atoms with Crippen LogP contribution in [-0.2, 0) is 0 Å². The van der Waals surface area contributed by atoms with Crippen LogP contribution in [0, 0.1) is 11.4 Å². The molecule has 3 aromatic heterocycles. The largest absolute Gasteiger partial charge is 0.355 e. The van der Waals surface area contributed by atoms with E-state index in [1.54, 1.807) is 12.4 Å². The van der Waals surface area contributed by atoms with Crippen molar-refractivity contribution in [1.29, 1.82) is 0 Å². The van der Waals surface area contributed by atoms with Crippen molar-refractivity contribution in [2.24, 2.45) is 5.41 Å². The maximum Gasteiger partial charge on any atom is 0.253 e. The topological polar surface area (TPSA) is 83.9 Å². The molecule has 1 unspecified atom stereocenters. The van der Waals surface area contributed by atoms with Gasteiger partial charge < -0.3 is 10.2 Å². The van der Waals surface area contributed by atoms with Crippen molar-refractivity contribution in [2.45, 2.75) is 25.3 Å². The Morgan fingerprint density at radius 1 is 1.06 bits per heavy atom. The van der Waals surface area contributed by atoms with E-state index in [1.807, 2.05) is 30.3 Å². The van der Waals surface area contributed by atoms with Crippen molar-refractivity contribution in [1.82, 2.24) is 25.3 Å². The quantitative estimate of drug-likeness (QED) is 0.469. The third-order valence-corrected chi connectivity index (χ3v) is 7.02. The summed E-state index contributed by atoms with van der Waals surface area (Å²) in [6.45, 7) is 1.63. The van der Waals surface area contributed by atoms with Crippen LogP contribution >= 0.6 is 0 Å². The van der Waals surface area contributed by atoms with Gasteiger partial charge in [0.05, 0.1) is 11.1 Å². The average Bonchev–Trinajstić information content (AvgIpc) is 3.27. The van der Waals surface area contributed by atoms with Crippen LogP contribution in [-0.4, -0.2) is 45.0 Å². The van der Waals surface area contributed by atoms with Crippen molar-refractivity contribution in [2.75, 3.05) is 18.0 Å². The molecule has 1 saturated heterocycles. The van der Waals surface area contributed by atoms with Crippen LogP contribution in [0.4, 0.5) is 10.2 Å². The van der Waals surface area contributed by atoms with Gasteiger partial charge in [-0.2, -0.15) is 4.39 Å². The van der Waals surface area contributed by atoms with E-state index in [4.69, 9.17) is 9.97 Å². The van der Waals surface area contributed by atoms with Crippen molar-refractivity contribution in [3.63, 3.8) is 0 Å². The summed E-state index contributed by atoms with van der Waals surface area (Å²) in [5, 5.41) is 4.20. The minimum absolute atomic E-state index is 0.00361. The second-order valence-electron chi connectivity index (χ2n) is 9.14. The van der Waals surface area contributed by atoms with Crippen molar-refractivity contribution >= 4 is 22.6 Å². The number of halogens is 1. The SMILES string of the molecule is O=C(NC1CCCC12CN(c1nc(-c3cccnc3)nc3ccccc13)C2)c1ccc(F)nc1. The number of benzene rings is 1. The van der Waals surface area contributed by atoms with E-state index in [-0.39, 0.29) is 17.4 Å². The highest BCUT2D eigenvalue weighted by atomic mass is 19.1. The van der Waals surface area contributed by atoms with Gasteiger partial charge >= 0.3 is 0 Å². The maximum atomic E-state index is 13.1. The first kappa shape index (κ1) is 20.7. The van der Waals surface area contributed by atoms with E-state index in [1.165, 1.54) is 18.3 Å². The normalized spacial score (nSPS) is 18.7. The molecular weight excluding hydrogens is 431 g/mol. The second kappa shape index (κ2) is 8.13.